The number of hydrogen-bond donors (Lipinski definition) is 2. The van der Waals surface area contributed by atoms with Crippen molar-refractivity contribution in [1.29, 1.82) is 0 Å². The average Bonchev–Trinajstić information content (AvgIpc) is 2.69. The molecule has 1 fully saturated rings. The molecule has 0 unspecified atom stereocenters. The summed E-state index contributed by atoms with van der Waals surface area (Å²) in [5.41, 5.74) is 3.48. The third kappa shape index (κ3) is 5.58. The zero-order valence-corrected chi connectivity index (χ0v) is 15.3. The highest BCUT2D eigenvalue weighted by molar-refractivity contribution is 5.74. The number of urea groups is 1. The van der Waals surface area contributed by atoms with E-state index in [0.717, 1.165) is 44.0 Å². The summed E-state index contributed by atoms with van der Waals surface area (Å²) in [4.78, 5) is 14.5. The standard InChI is InChI=1S/C21H27N3O2/c1-17(20-5-3-2-4-6-20)23-21(25)22-15-18-7-9-19(10-8-18)16-24-11-13-26-14-12-24/h2-10,17H,11-16H2,1H3,(H2,22,23,25)/t17-/m1/s1. The monoisotopic (exact) mass is 353 g/mol. The molecule has 0 saturated carbocycles. The molecular weight excluding hydrogens is 326 g/mol. The van der Waals surface area contributed by atoms with Crippen LogP contribution in [0.5, 0.6) is 0 Å². The van der Waals surface area contributed by atoms with Gasteiger partial charge in [0.15, 0.2) is 0 Å². The first-order valence-corrected chi connectivity index (χ1v) is 9.18. The lowest BCUT2D eigenvalue weighted by atomic mass is 10.1. The molecule has 26 heavy (non-hydrogen) atoms. The number of ether oxygens (including phenoxy) is 1. The van der Waals surface area contributed by atoms with Gasteiger partial charge in [0.25, 0.3) is 0 Å². The Hall–Kier alpha value is -2.37. The first-order chi connectivity index (χ1) is 12.7. The molecule has 0 radical (unpaired) electrons. The second-order valence-corrected chi connectivity index (χ2v) is 6.66. The summed E-state index contributed by atoms with van der Waals surface area (Å²) in [5, 5.41) is 5.89. The van der Waals surface area contributed by atoms with E-state index in [1.165, 1.54) is 5.56 Å². The molecule has 0 aliphatic carbocycles. The van der Waals surface area contributed by atoms with Gasteiger partial charge in [-0.3, -0.25) is 4.90 Å². The van der Waals surface area contributed by atoms with Crippen LogP contribution in [-0.4, -0.2) is 37.2 Å². The van der Waals surface area contributed by atoms with Crippen molar-refractivity contribution in [3.63, 3.8) is 0 Å². The van der Waals surface area contributed by atoms with Gasteiger partial charge in [-0.15, -0.1) is 0 Å². The summed E-state index contributed by atoms with van der Waals surface area (Å²) in [6.45, 7) is 7.07. The van der Waals surface area contributed by atoms with E-state index >= 15 is 0 Å². The van der Waals surface area contributed by atoms with E-state index < -0.39 is 0 Å². The molecule has 2 amide bonds. The van der Waals surface area contributed by atoms with Crippen molar-refractivity contribution in [2.45, 2.75) is 26.1 Å². The van der Waals surface area contributed by atoms with Crippen LogP contribution in [0, 0.1) is 0 Å². The molecular formula is C21H27N3O2. The SMILES string of the molecule is C[C@@H](NC(=O)NCc1ccc(CN2CCOCC2)cc1)c1ccccc1. The van der Waals surface area contributed by atoms with E-state index in [4.69, 9.17) is 4.74 Å². The predicted octanol–water partition coefficient (Wildman–Crippen LogP) is 3.08. The van der Waals surface area contributed by atoms with E-state index in [0.29, 0.717) is 6.54 Å². The Morgan fingerprint density at radius 2 is 1.69 bits per heavy atom. The maximum absolute atomic E-state index is 12.1. The molecule has 0 spiro atoms. The number of nitrogens with zero attached hydrogens (tertiary/aromatic N) is 1. The molecule has 2 aromatic carbocycles. The van der Waals surface area contributed by atoms with Gasteiger partial charge in [0.05, 0.1) is 19.3 Å². The van der Waals surface area contributed by atoms with Gasteiger partial charge in [-0.05, 0) is 23.6 Å². The molecule has 5 heteroatoms. The normalized spacial score (nSPS) is 16.0. The average molecular weight is 353 g/mol. The largest absolute Gasteiger partial charge is 0.379 e. The van der Waals surface area contributed by atoms with Crippen LogP contribution < -0.4 is 10.6 Å². The summed E-state index contributed by atoms with van der Waals surface area (Å²) in [5.74, 6) is 0. The van der Waals surface area contributed by atoms with Crippen molar-refractivity contribution >= 4 is 6.03 Å². The van der Waals surface area contributed by atoms with Crippen LogP contribution in [-0.2, 0) is 17.8 Å². The smallest absolute Gasteiger partial charge is 0.315 e. The minimum Gasteiger partial charge on any atom is -0.379 e. The highest BCUT2D eigenvalue weighted by Gasteiger charge is 2.11. The Morgan fingerprint density at radius 1 is 1.04 bits per heavy atom. The fourth-order valence-corrected chi connectivity index (χ4v) is 3.04. The van der Waals surface area contributed by atoms with Crippen molar-refractivity contribution in [2.75, 3.05) is 26.3 Å². The molecule has 1 atom stereocenters. The van der Waals surface area contributed by atoms with E-state index in [1.54, 1.807) is 0 Å². The van der Waals surface area contributed by atoms with E-state index in [2.05, 4.69) is 39.8 Å². The van der Waals surface area contributed by atoms with Gasteiger partial charge < -0.3 is 15.4 Å². The topological polar surface area (TPSA) is 53.6 Å². The summed E-state index contributed by atoms with van der Waals surface area (Å²) in [6, 6.07) is 18.2. The quantitative estimate of drug-likeness (QED) is 0.839. The summed E-state index contributed by atoms with van der Waals surface area (Å²) in [7, 11) is 0. The van der Waals surface area contributed by atoms with Crippen molar-refractivity contribution in [2.24, 2.45) is 0 Å². The summed E-state index contributed by atoms with van der Waals surface area (Å²) in [6.07, 6.45) is 0. The van der Waals surface area contributed by atoms with Crippen LogP contribution >= 0.6 is 0 Å². The number of hydrogen-bond acceptors (Lipinski definition) is 3. The summed E-state index contributed by atoms with van der Waals surface area (Å²) >= 11 is 0. The zero-order valence-electron chi connectivity index (χ0n) is 15.3. The first-order valence-electron chi connectivity index (χ1n) is 9.18. The molecule has 5 nitrogen and oxygen atoms in total. The minimum atomic E-state index is -0.154. The minimum absolute atomic E-state index is 0.0212. The number of nitrogens with one attached hydrogen (secondary N) is 2. The van der Waals surface area contributed by atoms with Crippen molar-refractivity contribution in [3.8, 4) is 0 Å². The van der Waals surface area contributed by atoms with E-state index in [-0.39, 0.29) is 12.1 Å². The molecule has 1 aliphatic rings. The number of morpholine rings is 1. The lowest BCUT2D eigenvalue weighted by Crippen LogP contribution is -2.36. The maximum atomic E-state index is 12.1. The van der Waals surface area contributed by atoms with Gasteiger partial charge in [-0.25, -0.2) is 4.79 Å². The predicted molar refractivity (Wildman–Crippen MR) is 103 cm³/mol. The van der Waals surface area contributed by atoms with Gasteiger partial charge in [-0.1, -0.05) is 54.6 Å². The lowest BCUT2D eigenvalue weighted by Gasteiger charge is -2.26. The molecule has 0 aromatic heterocycles. The van der Waals surface area contributed by atoms with Crippen molar-refractivity contribution in [1.82, 2.24) is 15.5 Å². The van der Waals surface area contributed by atoms with Crippen LogP contribution in [0.1, 0.15) is 29.7 Å². The number of carbonyl (C=O) groups is 1. The second-order valence-electron chi connectivity index (χ2n) is 6.66. The Kier molecular flexibility index (Phi) is 6.63. The molecule has 2 aromatic rings. The molecule has 1 aliphatic heterocycles. The fourth-order valence-electron chi connectivity index (χ4n) is 3.04. The Labute approximate surface area is 155 Å². The van der Waals surface area contributed by atoms with Crippen LogP contribution in [0.4, 0.5) is 4.79 Å². The van der Waals surface area contributed by atoms with Gasteiger partial charge in [0.2, 0.25) is 0 Å². The Balaban J connectivity index is 1.43. The van der Waals surface area contributed by atoms with Crippen LogP contribution in [0.15, 0.2) is 54.6 Å². The van der Waals surface area contributed by atoms with E-state index in [1.807, 2.05) is 37.3 Å². The number of carbonyl (C=O) groups excluding carboxylic acids is 1. The maximum Gasteiger partial charge on any atom is 0.315 e. The number of rotatable bonds is 6. The van der Waals surface area contributed by atoms with Crippen LogP contribution in [0.3, 0.4) is 0 Å². The van der Waals surface area contributed by atoms with Crippen LogP contribution in [0.2, 0.25) is 0 Å². The third-order valence-electron chi connectivity index (χ3n) is 4.63. The summed E-state index contributed by atoms with van der Waals surface area (Å²) < 4.78 is 5.38. The molecule has 138 valence electrons. The highest BCUT2D eigenvalue weighted by atomic mass is 16.5. The number of amides is 2. The van der Waals surface area contributed by atoms with Crippen molar-refractivity contribution in [3.05, 3.63) is 71.3 Å². The van der Waals surface area contributed by atoms with Crippen molar-refractivity contribution < 1.29 is 9.53 Å². The zero-order chi connectivity index (χ0) is 18.2. The first kappa shape index (κ1) is 18.4. The van der Waals surface area contributed by atoms with Gasteiger partial charge in [0, 0.05) is 26.2 Å². The van der Waals surface area contributed by atoms with Gasteiger partial charge >= 0.3 is 6.03 Å². The van der Waals surface area contributed by atoms with Crippen LogP contribution in [0.25, 0.3) is 0 Å². The second kappa shape index (κ2) is 9.36. The molecule has 0 bridgehead atoms. The molecule has 2 N–H and O–H groups in total. The van der Waals surface area contributed by atoms with E-state index in [9.17, 15) is 4.79 Å². The Morgan fingerprint density at radius 3 is 2.38 bits per heavy atom. The number of benzene rings is 2. The highest BCUT2D eigenvalue weighted by Crippen LogP contribution is 2.11. The molecule has 1 heterocycles. The molecule has 3 rings (SSSR count). The third-order valence-corrected chi connectivity index (χ3v) is 4.63. The molecule has 1 saturated heterocycles. The van der Waals surface area contributed by atoms with Gasteiger partial charge in [0.1, 0.15) is 0 Å². The fraction of sp³-hybridized carbons (Fsp3) is 0.381. The lowest BCUT2D eigenvalue weighted by molar-refractivity contribution is 0.0342. The van der Waals surface area contributed by atoms with Gasteiger partial charge in [-0.2, -0.15) is 0 Å². The Bertz CT molecular complexity index is 682.